The quantitative estimate of drug-likeness (QED) is 0.503. The van der Waals surface area contributed by atoms with Crippen LogP contribution < -0.4 is 0 Å². The van der Waals surface area contributed by atoms with Gasteiger partial charge in [-0.25, -0.2) is 4.98 Å². The number of halogens is 1. The summed E-state index contributed by atoms with van der Waals surface area (Å²) in [6.45, 7) is 2.11. The number of aromatic amines is 1. The van der Waals surface area contributed by atoms with Gasteiger partial charge in [-0.2, -0.15) is 0 Å². The largest absolute Gasteiger partial charge is 0.360 e. The number of pyridine rings is 1. The minimum atomic E-state index is 0.737. The summed E-state index contributed by atoms with van der Waals surface area (Å²) in [7, 11) is 0. The van der Waals surface area contributed by atoms with E-state index in [9.17, 15) is 0 Å². The van der Waals surface area contributed by atoms with E-state index in [4.69, 9.17) is 16.6 Å². The summed E-state index contributed by atoms with van der Waals surface area (Å²) >= 11 is 6.20. The number of fused-ring (bicyclic) bond motifs is 2. The molecule has 1 N–H and O–H groups in total. The van der Waals surface area contributed by atoms with E-state index < -0.39 is 0 Å². The molecule has 0 amide bonds. The van der Waals surface area contributed by atoms with E-state index in [-0.39, 0.29) is 0 Å². The normalized spacial score (nSPS) is 11.3. The number of benzene rings is 2. The fraction of sp³-hybridized carbons (Fsp3) is 0.0556. The molecule has 2 nitrogen and oxygen atoms in total. The van der Waals surface area contributed by atoms with Crippen molar-refractivity contribution in [3.8, 4) is 11.3 Å². The molecule has 0 unspecified atom stereocenters. The Morgan fingerprint density at radius 1 is 0.952 bits per heavy atom. The van der Waals surface area contributed by atoms with Crippen LogP contribution in [-0.4, -0.2) is 9.97 Å². The predicted octanol–water partition coefficient (Wildman–Crippen LogP) is 5.34. The molecule has 21 heavy (non-hydrogen) atoms. The molecular weight excluding hydrogens is 280 g/mol. The Hall–Kier alpha value is -2.32. The van der Waals surface area contributed by atoms with Crippen molar-refractivity contribution in [2.45, 2.75) is 6.92 Å². The zero-order valence-corrected chi connectivity index (χ0v) is 12.3. The highest BCUT2D eigenvalue weighted by molar-refractivity contribution is 6.35. The van der Waals surface area contributed by atoms with E-state index in [2.05, 4.69) is 30.1 Å². The topological polar surface area (TPSA) is 28.7 Å². The lowest BCUT2D eigenvalue weighted by Gasteiger charge is -2.04. The van der Waals surface area contributed by atoms with E-state index in [1.54, 1.807) is 0 Å². The average Bonchev–Trinajstić information content (AvgIpc) is 2.92. The summed E-state index contributed by atoms with van der Waals surface area (Å²) in [5, 5.41) is 2.92. The van der Waals surface area contributed by atoms with Crippen LogP contribution in [-0.2, 0) is 0 Å². The van der Waals surface area contributed by atoms with Crippen molar-refractivity contribution in [2.24, 2.45) is 0 Å². The zero-order chi connectivity index (χ0) is 14.4. The summed E-state index contributed by atoms with van der Waals surface area (Å²) in [5.74, 6) is 0. The van der Waals surface area contributed by atoms with Gasteiger partial charge in [-0.1, -0.05) is 35.9 Å². The molecule has 2 heterocycles. The number of hydrogen-bond donors (Lipinski definition) is 1. The minimum Gasteiger partial charge on any atom is -0.360 e. The van der Waals surface area contributed by atoms with Gasteiger partial charge in [0.05, 0.1) is 11.2 Å². The Kier molecular flexibility index (Phi) is 2.72. The summed E-state index contributed by atoms with van der Waals surface area (Å²) in [6.07, 6.45) is 2.02. The number of H-pyrrole nitrogens is 1. The van der Waals surface area contributed by atoms with Crippen molar-refractivity contribution in [1.82, 2.24) is 9.97 Å². The number of aromatic nitrogens is 2. The van der Waals surface area contributed by atoms with Crippen LogP contribution >= 0.6 is 11.6 Å². The molecule has 102 valence electrons. The lowest BCUT2D eigenvalue weighted by atomic mass is 10.1. The number of hydrogen-bond acceptors (Lipinski definition) is 1. The Bertz CT molecular complexity index is 969. The molecule has 0 bridgehead atoms. The maximum absolute atomic E-state index is 6.20. The Balaban J connectivity index is 1.98. The predicted molar refractivity (Wildman–Crippen MR) is 88.8 cm³/mol. The molecule has 2 aromatic heterocycles. The summed E-state index contributed by atoms with van der Waals surface area (Å²) in [5.41, 5.74) is 5.40. The molecule has 3 heteroatoms. The third-order valence-corrected chi connectivity index (χ3v) is 4.21. The van der Waals surface area contributed by atoms with E-state index >= 15 is 0 Å². The molecule has 4 aromatic rings. The third-order valence-electron chi connectivity index (χ3n) is 3.88. The van der Waals surface area contributed by atoms with Crippen LogP contribution in [0.15, 0.2) is 54.7 Å². The van der Waals surface area contributed by atoms with Crippen LogP contribution in [0.4, 0.5) is 0 Å². The molecule has 0 saturated carbocycles. The number of aryl methyl sites for hydroxylation is 1. The molecule has 0 saturated heterocycles. The van der Waals surface area contributed by atoms with E-state index in [1.807, 2.05) is 36.5 Å². The first-order chi connectivity index (χ1) is 10.2. The lowest BCUT2D eigenvalue weighted by Crippen LogP contribution is -1.85. The second-order valence-corrected chi connectivity index (χ2v) is 5.61. The number of nitrogens with one attached hydrogen (secondary N) is 1. The van der Waals surface area contributed by atoms with Gasteiger partial charge in [-0.05, 0) is 36.8 Å². The first-order valence-corrected chi connectivity index (χ1v) is 7.24. The molecule has 0 aliphatic heterocycles. The average molecular weight is 293 g/mol. The lowest BCUT2D eigenvalue weighted by molar-refractivity contribution is 1.39. The van der Waals surface area contributed by atoms with E-state index in [0.717, 1.165) is 27.2 Å². The smallest absolute Gasteiger partial charge is 0.0731 e. The molecular formula is C18H13ClN2. The first kappa shape index (κ1) is 12.4. The highest BCUT2D eigenvalue weighted by Crippen LogP contribution is 2.31. The molecule has 0 spiro atoms. The summed E-state index contributed by atoms with van der Waals surface area (Å²) < 4.78 is 0. The van der Waals surface area contributed by atoms with Crippen LogP contribution in [0, 0.1) is 6.92 Å². The second kappa shape index (κ2) is 4.61. The third kappa shape index (κ3) is 1.91. The van der Waals surface area contributed by atoms with Crippen molar-refractivity contribution in [3.63, 3.8) is 0 Å². The van der Waals surface area contributed by atoms with Gasteiger partial charge in [0, 0.05) is 33.1 Å². The maximum atomic E-state index is 6.20. The Morgan fingerprint density at radius 3 is 2.71 bits per heavy atom. The van der Waals surface area contributed by atoms with Crippen LogP contribution in [0.2, 0.25) is 5.02 Å². The van der Waals surface area contributed by atoms with Gasteiger partial charge in [-0.15, -0.1) is 0 Å². The number of nitrogens with zero attached hydrogens (tertiary/aromatic N) is 1. The van der Waals surface area contributed by atoms with E-state index in [0.29, 0.717) is 0 Å². The molecule has 0 aliphatic rings. The van der Waals surface area contributed by atoms with Crippen LogP contribution in [0.25, 0.3) is 33.1 Å². The van der Waals surface area contributed by atoms with Gasteiger partial charge in [0.2, 0.25) is 0 Å². The highest BCUT2D eigenvalue weighted by Gasteiger charge is 2.09. The second-order valence-electron chi connectivity index (χ2n) is 5.20. The van der Waals surface area contributed by atoms with E-state index in [1.165, 1.54) is 16.5 Å². The van der Waals surface area contributed by atoms with Gasteiger partial charge < -0.3 is 4.98 Å². The number of para-hydroxylation sites is 1. The molecule has 0 atom stereocenters. The van der Waals surface area contributed by atoms with Crippen LogP contribution in [0.3, 0.4) is 0 Å². The molecule has 0 radical (unpaired) electrons. The monoisotopic (exact) mass is 292 g/mol. The first-order valence-electron chi connectivity index (χ1n) is 6.86. The molecule has 0 fully saturated rings. The molecule has 2 aromatic carbocycles. The van der Waals surface area contributed by atoms with Gasteiger partial charge >= 0.3 is 0 Å². The van der Waals surface area contributed by atoms with Crippen LogP contribution in [0.1, 0.15) is 5.56 Å². The standard InChI is InChI=1S/C18H13ClN2/c1-11-4-2-5-12-14(10-20-18(11)12)17-9-8-13-15(19)6-3-7-16(13)21-17/h2-10,20H,1H3. The van der Waals surface area contributed by atoms with Gasteiger partial charge in [-0.3, -0.25) is 0 Å². The Labute approximate surface area is 127 Å². The molecule has 0 aliphatic carbocycles. The van der Waals surface area contributed by atoms with Crippen molar-refractivity contribution in [1.29, 1.82) is 0 Å². The van der Waals surface area contributed by atoms with Crippen molar-refractivity contribution in [3.05, 3.63) is 65.3 Å². The highest BCUT2D eigenvalue weighted by atomic mass is 35.5. The zero-order valence-electron chi connectivity index (χ0n) is 11.5. The fourth-order valence-corrected chi connectivity index (χ4v) is 3.02. The SMILES string of the molecule is Cc1cccc2c(-c3ccc4c(Cl)cccc4n3)c[nH]c12. The Morgan fingerprint density at radius 2 is 1.81 bits per heavy atom. The molecule has 4 rings (SSSR count). The van der Waals surface area contributed by atoms with Crippen molar-refractivity contribution in [2.75, 3.05) is 0 Å². The minimum absolute atomic E-state index is 0.737. The van der Waals surface area contributed by atoms with Crippen molar-refractivity contribution < 1.29 is 0 Å². The van der Waals surface area contributed by atoms with Crippen LogP contribution in [0.5, 0.6) is 0 Å². The fourth-order valence-electron chi connectivity index (χ4n) is 2.79. The number of rotatable bonds is 1. The summed E-state index contributed by atoms with van der Waals surface area (Å²) in [4.78, 5) is 8.10. The van der Waals surface area contributed by atoms with Crippen molar-refractivity contribution >= 4 is 33.4 Å². The summed E-state index contributed by atoms with van der Waals surface area (Å²) in [6, 6.07) is 16.2. The van der Waals surface area contributed by atoms with Gasteiger partial charge in [0.1, 0.15) is 0 Å². The van der Waals surface area contributed by atoms with Gasteiger partial charge in [0.15, 0.2) is 0 Å². The maximum Gasteiger partial charge on any atom is 0.0731 e. The van der Waals surface area contributed by atoms with Gasteiger partial charge in [0.25, 0.3) is 0 Å².